The second-order valence-electron chi connectivity index (χ2n) is 9.72. The zero-order chi connectivity index (χ0) is 26.7. The van der Waals surface area contributed by atoms with Crippen LogP contribution in [0.15, 0.2) is 77.3 Å². The molecule has 1 aliphatic rings. The number of hydrogen-bond acceptors (Lipinski definition) is 2. The number of fused-ring (bicyclic) bond motifs is 3. The minimum atomic E-state index is -1.60. The van der Waals surface area contributed by atoms with Crippen LogP contribution in [0.1, 0.15) is 60.7 Å². The average molecular weight is 467 g/mol. The molecular weight excluding hydrogens is 433 g/mol. The summed E-state index contributed by atoms with van der Waals surface area (Å²) >= 11 is 0. The van der Waals surface area contributed by atoms with Crippen molar-refractivity contribution in [2.24, 2.45) is 5.92 Å². The molecule has 176 valence electrons. The Hall–Kier alpha value is -3.46. The van der Waals surface area contributed by atoms with Crippen LogP contribution in [0.3, 0.4) is 0 Å². The van der Waals surface area contributed by atoms with Crippen LogP contribution in [-0.2, 0) is 6.37 Å². The van der Waals surface area contributed by atoms with Crippen LogP contribution in [0, 0.1) is 11.7 Å². The first-order valence-electron chi connectivity index (χ1n) is 13.9. The van der Waals surface area contributed by atoms with Gasteiger partial charge in [-0.05, 0) is 70.8 Å². The third kappa shape index (κ3) is 4.03. The standard InChI is InChI=1S/C32H30FNO/c1-20(2)27-19-34-29(17-24(27)16-21-8-6-7-9-21)25-14-15-28(33)31-26-13-12-23(18-30(26)35-32(25)31)22-10-4-3-5-11-22/h3-5,10-15,17-21H,6-9,16H2,1-2H3/i16D2,20D. The number of rotatable bonds is 5. The van der Waals surface area contributed by atoms with Gasteiger partial charge in [0, 0.05) is 21.3 Å². The number of pyridine rings is 1. The lowest BCUT2D eigenvalue weighted by molar-refractivity contribution is 0.542. The first kappa shape index (κ1) is 18.8. The summed E-state index contributed by atoms with van der Waals surface area (Å²) < 4.78 is 48.4. The molecule has 3 heteroatoms. The van der Waals surface area contributed by atoms with E-state index in [1.165, 1.54) is 6.07 Å². The quantitative estimate of drug-likeness (QED) is 0.258. The predicted octanol–water partition coefficient (Wildman–Crippen LogP) is 9.31. The normalized spacial score (nSPS) is 16.5. The van der Waals surface area contributed by atoms with E-state index in [4.69, 9.17) is 8.53 Å². The number of benzene rings is 3. The van der Waals surface area contributed by atoms with E-state index in [1.807, 2.05) is 48.5 Å². The predicted molar refractivity (Wildman–Crippen MR) is 142 cm³/mol. The second kappa shape index (κ2) is 8.96. The number of hydrogen-bond donors (Lipinski definition) is 0. The van der Waals surface area contributed by atoms with E-state index in [0.717, 1.165) is 36.8 Å². The Labute approximate surface area is 210 Å². The molecule has 0 atom stereocenters. The van der Waals surface area contributed by atoms with Crippen molar-refractivity contribution in [1.29, 1.82) is 0 Å². The summed E-state index contributed by atoms with van der Waals surface area (Å²) in [5, 5.41) is 1.08. The Morgan fingerprint density at radius 1 is 1.03 bits per heavy atom. The third-order valence-electron chi connectivity index (χ3n) is 7.11. The SMILES string of the molecule is [2H]C(C)(C)c1cnc(-c2ccc(F)c3c2oc2cc(-c4ccccc4)ccc23)cc1C([2H])([2H])C1CCCC1. The van der Waals surface area contributed by atoms with Gasteiger partial charge in [0.25, 0.3) is 0 Å². The van der Waals surface area contributed by atoms with Crippen LogP contribution in [-0.4, -0.2) is 4.98 Å². The Balaban J connectivity index is 1.54. The molecule has 35 heavy (non-hydrogen) atoms. The van der Waals surface area contributed by atoms with Crippen molar-refractivity contribution in [1.82, 2.24) is 4.98 Å². The van der Waals surface area contributed by atoms with Crippen molar-refractivity contribution in [3.63, 3.8) is 0 Å². The second-order valence-corrected chi connectivity index (χ2v) is 9.72. The molecular formula is C32H30FNO. The van der Waals surface area contributed by atoms with Crippen molar-refractivity contribution in [2.75, 3.05) is 0 Å². The van der Waals surface area contributed by atoms with Crippen LogP contribution in [0.5, 0.6) is 0 Å². The van der Waals surface area contributed by atoms with Gasteiger partial charge in [-0.15, -0.1) is 0 Å². The molecule has 0 saturated heterocycles. The molecule has 0 N–H and O–H groups in total. The molecule has 3 aromatic carbocycles. The summed E-state index contributed by atoms with van der Waals surface area (Å²) in [5.74, 6) is -1.49. The molecule has 1 saturated carbocycles. The maximum atomic E-state index is 15.2. The van der Waals surface area contributed by atoms with Crippen LogP contribution in [0.2, 0.25) is 0 Å². The van der Waals surface area contributed by atoms with E-state index in [0.29, 0.717) is 44.3 Å². The average Bonchev–Trinajstić information content (AvgIpc) is 3.58. The third-order valence-corrected chi connectivity index (χ3v) is 7.11. The van der Waals surface area contributed by atoms with Gasteiger partial charge >= 0.3 is 0 Å². The van der Waals surface area contributed by atoms with Crippen molar-refractivity contribution >= 4 is 21.9 Å². The van der Waals surface area contributed by atoms with Crippen LogP contribution in [0.4, 0.5) is 4.39 Å². The number of furan rings is 1. The molecule has 2 heterocycles. The number of halogens is 1. The molecule has 0 amide bonds. The zero-order valence-electron chi connectivity index (χ0n) is 23.1. The zero-order valence-corrected chi connectivity index (χ0v) is 20.1. The molecule has 0 aliphatic heterocycles. The Morgan fingerprint density at radius 2 is 1.83 bits per heavy atom. The molecule has 0 unspecified atom stereocenters. The molecule has 0 spiro atoms. The van der Waals surface area contributed by atoms with Gasteiger partial charge in [0.2, 0.25) is 0 Å². The van der Waals surface area contributed by atoms with E-state index >= 15 is 4.39 Å². The fraction of sp³-hybridized carbons (Fsp3) is 0.281. The Kier molecular flexibility index (Phi) is 4.82. The molecule has 6 rings (SSSR count). The minimum Gasteiger partial charge on any atom is -0.455 e. The summed E-state index contributed by atoms with van der Waals surface area (Å²) in [7, 11) is 0. The Bertz CT molecular complexity index is 1650. The first-order valence-corrected chi connectivity index (χ1v) is 12.4. The van der Waals surface area contributed by atoms with Crippen LogP contribution >= 0.6 is 0 Å². The monoisotopic (exact) mass is 466 g/mol. The van der Waals surface area contributed by atoms with Gasteiger partial charge in [-0.25, -0.2) is 4.39 Å². The van der Waals surface area contributed by atoms with E-state index in [9.17, 15) is 0 Å². The highest BCUT2D eigenvalue weighted by Gasteiger charge is 2.21. The molecule has 1 aliphatic carbocycles. The van der Waals surface area contributed by atoms with Gasteiger partial charge < -0.3 is 4.42 Å². The number of aromatic nitrogens is 1. The smallest absolute Gasteiger partial charge is 0.147 e. The van der Waals surface area contributed by atoms with Crippen molar-refractivity contribution < 1.29 is 12.9 Å². The Morgan fingerprint density at radius 3 is 2.60 bits per heavy atom. The van der Waals surface area contributed by atoms with Gasteiger partial charge in [-0.3, -0.25) is 4.98 Å². The lowest BCUT2D eigenvalue weighted by Crippen LogP contribution is -2.05. The van der Waals surface area contributed by atoms with E-state index in [-0.39, 0.29) is 11.7 Å². The summed E-state index contributed by atoms with van der Waals surface area (Å²) in [4.78, 5) is 4.66. The lowest BCUT2D eigenvalue weighted by atomic mass is 9.90. The minimum absolute atomic E-state index is 0.102. The van der Waals surface area contributed by atoms with Crippen LogP contribution in [0.25, 0.3) is 44.3 Å². The van der Waals surface area contributed by atoms with Crippen molar-refractivity contribution in [3.8, 4) is 22.4 Å². The van der Waals surface area contributed by atoms with Gasteiger partial charge in [-0.2, -0.15) is 0 Å². The highest BCUT2D eigenvalue weighted by atomic mass is 19.1. The van der Waals surface area contributed by atoms with E-state index in [2.05, 4.69) is 4.98 Å². The highest BCUT2D eigenvalue weighted by molar-refractivity contribution is 6.10. The van der Waals surface area contributed by atoms with Crippen molar-refractivity contribution in [2.45, 2.75) is 51.8 Å². The van der Waals surface area contributed by atoms with Gasteiger partial charge in [-0.1, -0.05) is 75.9 Å². The maximum Gasteiger partial charge on any atom is 0.147 e. The summed E-state index contributed by atoms with van der Waals surface area (Å²) in [5.41, 5.74) is 5.19. The highest BCUT2D eigenvalue weighted by Crippen LogP contribution is 2.39. The van der Waals surface area contributed by atoms with Crippen molar-refractivity contribution in [3.05, 3.63) is 89.9 Å². The largest absolute Gasteiger partial charge is 0.455 e. The van der Waals surface area contributed by atoms with Crippen LogP contribution < -0.4 is 0 Å². The van der Waals surface area contributed by atoms with Gasteiger partial charge in [0.05, 0.1) is 11.1 Å². The van der Waals surface area contributed by atoms with E-state index in [1.54, 1.807) is 32.2 Å². The number of nitrogens with zero attached hydrogens (tertiary/aromatic N) is 1. The molecule has 5 aromatic rings. The maximum absolute atomic E-state index is 15.2. The molecule has 0 bridgehead atoms. The molecule has 1 fully saturated rings. The fourth-order valence-electron chi connectivity index (χ4n) is 5.26. The fourth-order valence-corrected chi connectivity index (χ4v) is 5.26. The summed E-state index contributed by atoms with van der Waals surface area (Å²) in [6.45, 7) is 3.52. The molecule has 2 nitrogen and oxygen atoms in total. The lowest BCUT2D eigenvalue weighted by Gasteiger charge is -2.17. The van der Waals surface area contributed by atoms with Gasteiger partial charge in [0.15, 0.2) is 0 Å². The first-order chi connectivity index (χ1) is 18.1. The summed E-state index contributed by atoms with van der Waals surface area (Å²) in [6.07, 6.45) is 3.72. The molecule has 2 aromatic heterocycles. The molecule has 0 radical (unpaired) electrons. The summed E-state index contributed by atoms with van der Waals surface area (Å²) in [6, 6.07) is 20.6. The van der Waals surface area contributed by atoms with E-state index < -0.39 is 12.3 Å². The topological polar surface area (TPSA) is 26.0 Å². The van der Waals surface area contributed by atoms with Gasteiger partial charge in [0.1, 0.15) is 17.0 Å².